The molecule has 1 aromatic rings. The summed E-state index contributed by atoms with van der Waals surface area (Å²) in [6.07, 6.45) is 3.91. The van der Waals surface area contributed by atoms with E-state index in [4.69, 9.17) is 0 Å². The van der Waals surface area contributed by atoms with Gasteiger partial charge in [-0.15, -0.1) is 0 Å². The van der Waals surface area contributed by atoms with Crippen LogP contribution in [0, 0.1) is 6.92 Å². The van der Waals surface area contributed by atoms with Gasteiger partial charge in [0.25, 0.3) is 0 Å². The number of aryl methyl sites for hydroxylation is 1. The van der Waals surface area contributed by atoms with Gasteiger partial charge in [0.05, 0.1) is 0 Å². The van der Waals surface area contributed by atoms with Crippen LogP contribution in [0.15, 0.2) is 12.5 Å². The molecule has 0 spiro atoms. The number of rotatable bonds is 0. The van der Waals surface area contributed by atoms with E-state index < -0.39 is 0 Å². The third-order valence-electron chi connectivity index (χ3n) is 0.731. The first-order chi connectivity index (χ1) is 3.29. The summed E-state index contributed by atoms with van der Waals surface area (Å²) in [4.78, 5) is 4.02. The van der Waals surface area contributed by atoms with Crippen LogP contribution in [0.25, 0.3) is 0 Å². The van der Waals surface area contributed by atoms with Crippen LogP contribution in [-0.2, 0) is 0 Å². The van der Waals surface area contributed by atoms with Crippen molar-refractivity contribution in [2.75, 3.05) is 0 Å². The molecule has 0 aliphatic heterocycles. The van der Waals surface area contributed by atoms with Crippen molar-refractivity contribution in [1.29, 1.82) is 0 Å². The van der Waals surface area contributed by atoms with Gasteiger partial charge in [0.2, 0.25) is 0 Å². The van der Waals surface area contributed by atoms with E-state index in [9.17, 15) is 0 Å². The van der Waals surface area contributed by atoms with Gasteiger partial charge in [0, 0.05) is 0 Å². The van der Waals surface area contributed by atoms with Crippen LogP contribution >= 0.6 is 0 Å². The molecule has 0 aromatic carbocycles. The van der Waals surface area contributed by atoms with E-state index in [0.29, 0.717) is 0 Å². The van der Waals surface area contributed by atoms with E-state index in [-0.39, 0.29) is 0 Å². The second-order valence-electron chi connectivity index (χ2n) is 1.46. The summed E-state index contributed by atoms with van der Waals surface area (Å²) < 4.78 is 2.09. The first-order valence-electron chi connectivity index (χ1n) is 2.05. The quantitative estimate of drug-likeness (QED) is 0.619. The average molecular weight is 285 g/mol. The van der Waals surface area contributed by atoms with Gasteiger partial charge < -0.3 is 0 Å². The first-order valence-corrected chi connectivity index (χ1v) is 4.05. The Labute approximate surface area is 58.7 Å². The molecule has 0 saturated heterocycles. The van der Waals surface area contributed by atoms with Crippen LogP contribution in [0.2, 0.25) is 0 Å². The second kappa shape index (κ2) is 1.94. The zero-order valence-electron chi connectivity index (χ0n) is 4.13. The molecule has 0 fully saturated rings. The molecule has 0 atom stereocenters. The topological polar surface area (TPSA) is 17.8 Å². The number of hydrogen-bond donors (Lipinski definition) is 0. The van der Waals surface area contributed by atoms with Crippen molar-refractivity contribution in [2.45, 2.75) is 6.92 Å². The average Bonchev–Trinajstić information content (AvgIpc) is 1.87. The van der Waals surface area contributed by atoms with Crippen LogP contribution in [0.4, 0.5) is 0 Å². The van der Waals surface area contributed by atoms with Gasteiger partial charge in [0.15, 0.2) is 0 Å². The maximum atomic E-state index is 4.02. The molecule has 0 aliphatic rings. The Morgan fingerprint density at radius 2 is 2.57 bits per heavy atom. The summed E-state index contributed by atoms with van der Waals surface area (Å²) in [5.74, 6) is 0. The fourth-order valence-electron chi connectivity index (χ4n) is 0.440. The summed E-state index contributed by atoms with van der Waals surface area (Å²) >= 11 is 0.867. The summed E-state index contributed by atoms with van der Waals surface area (Å²) in [6, 6.07) is 0. The Bertz CT molecular complexity index is 142. The van der Waals surface area contributed by atoms with E-state index in [2.05, 4.69) is 7.36 Å². The summed E-state index contributed by atoms with van der Waals surface area (Å²) in [5, 5.41) is 0. The van der Waals surface area contributed by atoms with Crippen LogP contribution in [0.3, 0.4) is 0 Å². The van der Waals surface area contributed by atoms with E-state index in [1.165, 1.54) is 0 Å². The Hall–Kier alpha value is 0.132. The molecule has 1 aromatic heterocycles. The third kappa shape index (κ3) is 1.26. The molecule has 2 nitrogen and oxygen atoms in total. The van der Waals surface area contributed by atoms with Gasteiger partial charge in [-0.3, -0.25) is 0 Å². The number of hydrogen-bond acceptors (Lipinski definition) is 1. The SMILES string of the molecule is Cc1c[n]([Tl])cn1. The van der Waals surface area contributed by atoms with Crippen molar-refractivity contribution in [3.8, 4) is 0 Å². The molecule has 0 bridgehead atoms. The van der Waals surface area contributed by atoms with Gasteiger partial charge in [0.1, 0.15) is 0 Å². The second-order valence-corrected chi connectivity index (χ2v) is 3.78. The Morgan fingerprint density at radius 3 is 2.71 bits per heavy atom. The third-order valence-corrected chi connectivity index (χ3v) is 1.83. The number of aromatic nitrogens is 2. The molecule has 1 rings (SSSR count). The van der Waals surface area contributed by atoms with Crippen molar-refractivity contribution < 1.29 is 0 Å². The summed E-state index contributed by atoms with van der Waals surface area (Å²) in [7, 11) is 0. The first kappa shape index (κ1) is 5.27. The molecule has 1 heterocycles. The van der Waals surface area contributed by atoms with E-state index in [1.54, 1.807) is 0 Å². The minimum atomic E-state index is 0.867. The molecule has 7 heavy (non-hydrogen) atoms. The molecular weight excluding hydrogens is 280 g/mol. The van der Waals surface area contributed by atoms with E-state index in [1.807, 2.05) is 19.4 Å². The van der Waals surface area contributed by atoms with Crippen LogP contribution in [0.1, 0.15) is 5.69 Å². The molecule has 0 amide bonds. The molecule has 0 aliphatic carbocycles. The minimum absolute atomic E-state index is 0.867. The fraction of sp³-hybridized carbons (Fsp3) is 0.250. The van der Waals surface area contributed by atoms with Crippen LogP contribution in [0.5, 0.6) is 0 Å². The van der Waals surface area contributed by atoms with E-state index >= 15 is 0 Å². The summed E-state index contributed by atoms with van der Waals surface area (Å²) in [5.41, 5.74) is 1.11. The fourth-order valence-corrected chi connectivity index (χ4v) is 1.54. The van der Waals surface area contributed by atoms with Gasteiger partial charge in [-0.2, -0.15) is 0 Å². The maximum absolute atomic E-state index is 4.02. The molecule has 0 unspecified atom stereocenters. The summed E-state index contributed by atoms with van der Waals surface area (Å²) in [6.45, 7) is 2.00. The van der Waals surface area contributed by atoms with Crippen LogP contribution < -0.4 is 0 Å². The van der Waals surface area contributed by atoms with Crippen molar-refractivity contribution in [3.05, 3.63) is 18.2 Å². The molecular formula is C4H5N2Tl. The number of nitrogens with zero attached hydrogens (tertiary/aromatic N) is 2. The van der Waals surface area contributed by atoms with Gasteiger partial charge in [-0.25, -0.2) is 0 Å². The zero-order chi connectivity index (χ0) is 5.28. The molecule has 0 radical (unpaired) electrons. The normalized spacial score (nSPS) is 9.14. The number of imidazole rings is 1. The Balaban J connectivity index is 3.04. The Kier molecular flexibility index (Phi) is 1.46. The monoisotopic (exact) mass is 286 g/mol. The predicted molar refractivity (Wildman–Crippen MR) is 28.1 cm³/mol. The van der Waals surface area contributed by atoms with Crippen LogP contribution in [-0.4, -0.2) is 33.4 Å². The molecule has 34 valence electrons. The van der Waals surface area contributed by atoms with Crippen molar-refractivity contribution in [1.82, 2.24) is 7.36 Å². The van der Waals surface area contributed by atoms with Crippen molar-refractivity contribution in [2.24, 2.45) is 0 Å². The van der Waals surface area contributed by atoms with Gasteiger partial charge >= 0.3 is 58.6 Å². The Morgan fingerprint density at radius 1 is 1.86 bits per heavy atom. The van der Waals surface area contributed by atoms with Crippen molar-refractivity contribution >= 4 is 26.1 Å². The van der Waals surface area contributed by atoms with Gasteiger partial charge in [-0.05, 0) is 0 Å². The predicted octanol–water partition coefficient (Wildman–Crippen LogP) is 0.123. The zero-order valence-corrected chi connectivity index (χ0v) is 8.62. The van der Waals surface area contributed by atoms with E-state index in [0.717, 1.165) is 31.8 Å². The molecule has 3 heteroatoms. The molecule has 0 saturated carbocycles. The van der Waals surface area contributed by atoms with Gasteiger partial charge in [-0.1, -0.05) is 0 Å². The standard InChI is InChI=1S/C4H5N2.Tl/c1-4-2-5-3-6-4;/h2-3H,1H3;/q-1;+1. The molecule has 0 N–H and O–H groups in total. The van der Waals surface area contributed by atoms with Crippen molar-refractivity contribution in [3.63, 3.8) is 0 Å².